The second kappa shape index (κ2) is 9.57. The molecule has 0 radical (unpaired) electrons. The van der Waals surface area contributed by atoms with E-state index in [4.69, 9.17) is 4.98 Å². The van der Waals surface area contributed by atoms with Crippen molar-refractivity contribution >= 4 is 28.4 Å². The first-order chi connectivity index (χ1) is 16.4. The number of hydrogen-bond acceptors (Lipinski definition) is 8. The van der Waals surface area contributed by atoms with Gasteiger partial charge < -0.3 is 19.9 Å². The topological polar surface area (TPSA) is 79.3 Å². The van der Waals surface area contributed by atoms with Gasteiger partial charge in [-0.25, -0.2) is 4.98 Å². The van der Waals surface area contributed by atoms with E-state index in [1.165, 1.54) is 50.6 Å². The number of fused-ring (bicyclic) bond motifs is 1. The first kappa shape index (κ1) is 22.6. The molecule has 0 unspecified atom stereocenters. The fourth-order valence-corrected chi connectivity index (χ4v) is 4.77. The van der Waals surface area contributed by atoms with E-state index >= 15 is 0 Å². The Kier molecular flexibility index (Phi) is 6.36. The molecule has 1 aromatic carbocycles. The zero-order valence-electron chi connectivity index (χ0n) is 18.6. The summed E-state index contributed by atoms with van der Waals surface area (Å²) in [4.78, 5) is 9.69. The SMILES string of the molecule is FC(F)(F)Oc1cccc(Nc2nnnc3ccc(N4CCC(N5CCCCC5)CC4)nc23)c1. The van der Waals surface area contributed by atoms with Crippen LogP contribution in [0.3, 0.4) is 0 Å². The number of alkyl halides is 3. The van der Waals surface area contributed by atoms with Gasteiger partial charge >= 0.3 is 6.36 Å². The van der Waals surface area contributed by atoms with Crippen LogP contribution in [0.5, 0.6) is 5.75 Å². The van der Waals surface area contributed by atoms with Gasteiger partial charge in [-0.1, -0.05) is 12.5 Å². The van der Waals surface area contributed by atoms with Gasteiger partial charge in [-0.05, 0) is 68.3 Å². The van der Waals surface area contributed by atoms with Crippen molar-refractivity contribution in [3.05, 3.63) is 36.4 Å². The van der Waals surface area contributed by atoms with E-state index in [0.29, 0.717) is 28.6 Å². The summed E-state index contributed by atoms with van der Waals surface area (Å²) < 4.78 is 41.7. The summed E-state index contributed by atoms with van der Waals surface area (Å²) in [5.41, 5.74) is 1.43. The molecule has 3 aromatic rings. The summed E-state index contributed by atoms with van der Waals surface area (Å²) in [5, 5.41) is 14.9. The molecule has 8 nitrogen and oxygen atoms in total. The maximum absolute atomic E-state index is 12.6. The molecule has 2 fully saturated rings. The van der Waals surface area contributed by atoms with Crippen molar-refractivity contribution in [2.45, 2.75) is 44.5 Å². The molecular formula is C23H26F3N7O. The lowest BCUT2D eigenvalue weighted by molar-refractivity contribution is -0.274. The van der Waals surface area contributed by atoms with Crippen LogP contribution in [0, 0.1) is 0 Å². The van der Waals surface area contributed by atoms with Crippen LogP contribution in [0.15, 0.2) is 36.4 Å². The molecular weight excluding hydrogens is 447 g/mol. The number of likely N-dealkylation sites (tertiary alicyclic amines) is 1. The second-order valence-corrected chi connectivity index (χ2v) is 8.69. The number of rotatable bonds is 5. The Morgan fingerprint density at radius 2 is 1.74 bits per heavy atom. The number of halogens is 3. The molecule has 0 aliphatic carbocycles. The summed E-state index contributed by atoms with van der Waals surface area (Å²) in [6.07, 6.45) is 1.36. The number of benzene rings is 1. The first-order valence-electron chi connectivity index (χ1n) is 11.6. The molecule has 0 spiro atoms. The van der Waals surface area contributed by atoms with Gasteiger partial charge in [0, 0.05) is 30.9 Å². The van der Waals surface area contributed by atoms with Crippen molar-refractivity contribution < 1.29 is 17.9 Å². The Morgan fingerprint density at radius 3 is 2.50 bits per heavy atom. The molecule has 0 saturated carbocycles. The molecule has 5 rings (SSSR count). The number of ether oxygens (including phenoxy) is 1. The lowest BCUT2D eigenvalue weighted by atomic mass is 10.00. The van der Waals surface area contributed by atoms with E-state index in [1.807, 2.05) is 12.1 Å². The fourth-order valence-electron chi connectivity index (χ4n) is 4.77. The maximum Gasteiger partial charge on any atom is 0.573 e. The Bertz CT molecular complexity index is 1130. The molecule has 34 heavy (non-hydrogen) atoms. The highest BCUT2D eigenvalue weighted by molar-refractivity contribution is 5.87. The third-order valence-electron chi connectivity index (χ3n) is 6.41. The van der Waals surface area contributed by atoms with Gasteiger partial charge in [0.15, 0.2) is 5.82 Å². The Labute approximate surface area is 195 Å². The van der Waals surface area contributed by atoms with Gasteiger partial charge in [0.25, 0.3) is 0 Å². The van der Waals surface area contributed by atoms with Crippen LogP contribution in [-0.2, 0) is 0 Å². The van der Waals surface area contributed by atoms with Crippen LogP contribution in [0.4, 0.5) is 30.5 Å². The second-order valence-electron chi connectivity index (χ2n) is 8.69. The van der Waals surface area contributed by atoms with Gasteiger partial charge in [-0.15, -0.1) is 23.4 Å². The molecule has 2 aliphatic heterocycles. The van der Waals surface area contributed by atoms with Crippen molar-refractivity contribution in [1.82, 2.24) is 25.3 Å². The molecule has 0 bridgehead atoms. The van der Waals surface area contributed by atoms with Crippen LogP contribution in [0.2, 0.25) is 0 Å². The number of piperidine rings is 2. The van der Waals surface area contributed by atoms with Crippen LogP contribution >= 0.6 is 0 Å². The van der Waals surface area contributed by atoms with Crippen LogP contribution in [-0.4, -0.2) is 63.9 Å². The van der Waals surface area contributed by atoms with E-state index in [2.05, 4.69) is 35.3 Å². The number of hydrogen-bond donors (Lipinski definition) is 1. The molecule has 180 valence electrons. The van der Waals surface area contributed by atoms with Gasteiger partial charge in [-0.3, -0.25) is 0 Å². The lowest BCUT2D eigenvalue weighted by Gasteiger charge is -2.40. The van der Waals surface area contributed by atoms with Crippen molar-refractivity contribution in [3.63, 3.8) is 0 Å². The average molecular weight is 474 g/mol. The summed E-state index contributed by atoms with van der Waals surface area (Å²) >= 11 is 0. The number of nitrogens with one attached hydrogen (secondary N) is 1. The Morgan fingerprint density at radius 1 is 0.941 bits per heavy atom. The van der Waals surface area contributed by atoms with E-state index in [9.17, 15) is 13.2 Å². The Balaban J connectivity index is 1.32. The van der Waals surface area contributed by atoms with Gasteiger partial charge in [0.1, 0.15) is 22.6 Å². The fraction of sp³-hybridized carbons (Fsp3) is 0.478. The normalized spacial score (nSPS) is 18.3. The number of nitrogens with zero attached hydrogens (tertiary/aromatic N) is 6. The summed E-state index contributed by atoms with van der Waals surface area (Å²) in [6.45, 7) is 4.25. The minimum absolute atomic E-state index is 0.319. The highest BCUT2D eigenvalue weighted by Gasteiger charge is 2.31. The summed E-state index contributed by atoms with van der Waals surface area (Å²) in [5.74, 6) is 0.824. The molecule has 0 atom stereocenters. The van der Waals surface area contributed by atoms with Crippen LogP contribution in [0.25, 0.3) is 11.0 Å². The van der Waals surface area contributed by atoms with E-state index in [-0.39, 0.29) is 5.75 Å². The average Bonchev–Trinajstić information content (AvgIpc) is 2.84. The molecule has 2 saturated heterocycles. The molecule has 2 aromatic heterocycles. The predicted octanol–water partition coefficient (Wildman–Crippen LogP) is 4.52. The largest absolute Gasteiger partial charge is 0.573 e. The van der Waals surface area contributed by atoms with Crippen molar-refractivity contribution in [3.8, 4) is 5.75 Å². The summed E-state index contributed by atoms with van der Waals surface area (Å²) in [7, 11) is 0. The third-order valence-corrected chi connectivity index (χ3v) is 6.41. The Hall–Kier alpha value is -3.21. The molecule has 11 heteroatoms. The zero-order chi connectivity index (χ0) is 23.5. The van der Waals surface area contributed by atoms with Gasteiger partial charge in [0.2, 0.25) is 0 Å². The highest BCUT2D eigenvalue weighted by Crippen LogP contribution is 2.29. The summed E-state index contributed by atoms with van der Waals surface area (Å²) in [6, 6.07) is 9.97. The molecule has 1 N–H and O–H groups in total. The minimum atomic E-state index is -4.76. The monoisotopic (exact) mass is 473 g/mol. The smallest absolute Gasteiger partial charge is 0.406 e. The van der Waals surface area contributed by atoms with Gasteiger partial charge in [-0.2, -0.15) is 0 Å². The van der Waals surface area contributed by atoms with Gasteiger partial charge in [0.05, 0.1) is 0 Å². The highest BCUT2D eigenvalue weighted by atomic mass is 19.4. The first-order valence-corrected chi connectivity index (χ1v) is 11.6. The minimum Gasteiger partial charge on any atom is -0.406 e. The molecule has 2 aliphatic rings. The van der Waals surface area contributed by atoms with E-state index in [0.717, 1.165) is 31.7 Å². The molecule has 4 heterocycles. The van der Waals surface area contributed by atoms with Crippen LogP contribution in [0.1, 0.15) is 32.1 Å². The van der Waals surface area contributed by atoms with Crippen molar-refractivity contribution in [2.24, 2.45) is 0 Å². The van der Waals surface area contributed by atoms with E-state index < -0.39 is 6.36 Å². The van der Waals surface area contributed by atoms with Crippen molar-refractivity contribution in [1.29, 1.82) is 0 Å². The zero-order valence-corrected chi connectivity index (χ0v) is 18.6. The third kappa shape index (κ3) is 5.30. The van der Waals surface area contributed by atoms with Crippen LogP contribution < -0.4 is 15.0 Å². The number of aromatic nitrogens is 4. The number of pyridine rings is 1. The molecule has 0 amide bonds. The number of anilines is 3. The standard InChI is InChI=1S/C23H26F3N7O/c24-23(25,26)34-18-6-4-5-16(15-18)27-22-21-19(29-31-30-22)7-8-20(28-21)33-13-9-17(10-14-33)32-11-2-1-3-12-32/h4-8,15,17H,1-3,9-14H2,(H,27,29,30). The predicted molar refractivity (Wildman–Crippen MR) is 122 cm³/mol. The maximum atomic E-state index is 12.6. The van der Waals surface area contributed by atoms with E-state index in [1.54, 1.807) is 6.07 Å². The van der Waals surface area contributed by atoms with Crippen molar-refractivity contribution in [2.75, 3.05) is 36.4 Å². The lowest BCUT2D eigenvalue weighted by Crippen LogP contribution is -2.46. The quantitative estimate of drug-likeness (QED) is 0.580.